The van der Waals surface area contributed by atoms with Crippen molar-refractivity contribution in [3.63, 3.8) is 0 Å². The number of hydrogen-bond donors (Lipinski definition) is 0. The van der Waals surface area contributed by atoms with Crippen molar-refractivity contribution in [3.05, 3.63) is 33.8 Å². The van der Waals surface area contributed by atoms with Crippen LogP contribution in [-0.2, 0) is 22.3 Å². The molecular formula is C15H18ClF3N2O3. The zero-order valence-corrected chi connectivity index (χ0v) is 14.5. The molecule has 0 bridgehead atoms. The Morgan fingerprint density at radius 1 is 1.38 bits per heavy atom. The van der Waals surface area contributed by atoms with Crippen LogP contribution in [0.15, 0.2) is 17.3 Å². The van der Waals surface area contributed by atoms with E-state index in [1.54, 1.807) is 13.8 Å². The van der Waals surface area contributed by atoms with E-state index < -0.39 is 17.7 Å². The summed E-state index contributed by atoms with van der Waals surface area (Å²) in [6.45, 7) is 3.04. The molecule has 0 fully saturated rings. The lowest BCUT2D eigenvalue weighted by molar-refractivity contribution is -0.138. The van der Waals surface area contributed by atoms with Gasteiger partial charge >= 0.3 is 12.1 Å². The van der Waals surface area contributed by atoms with Gasteiger partial charge in [-0.15, -0.1) is 0 Å². The predicted octanol–water partition coefficient (Wildman–Crippen LogP) is 3.95. The fourth-order valence-corrected chi connectivity index (χ4v) is 2.26. The number of nitrogens with zero attached hydrogens (tertiary/aromatic N) is 2. The molecule has 1 aromatic carbocycles. The summed E-state index contributed by atoms with van der Waals surface area (Å²) < 4.78 is 44.6. The number of carbonyl (C=O) groups excluding carboxylic acids is 1. The van der Waals surface area contributed by atoms with E-state index >= 15 is 0 Å². The second-order valence-corrected chi connectivity index (χ2v) is 5.23. The lowest BCUT2D eigenvalue weighted by Crippen LogP contribution is -2.26. The van der Waals surface area contributed by atoms with E-state index in [1.165, 1.54) is 19.1 Å². The van der Waals surface area contributed by atoms with Crippen molar-refractivity contribution >= 4 is 23.4 Å². The number of alkyl halides is 3. The molecule has 0 aromatic heterocycles. The molecule has 0 aliphatic carbocycles. The van der Waals surface area contributed by atoms with E-state index in [1.807, 2.05) is 0 Å². The van der Waals surface area contributed by atoms with Crippen molar-refractivity contribution in [2.24, 2.45) is 5.16 Å². The van der Waals surface area contributed by atoms with Crippen LogP contribution in [0.3, 0.4) is 0 Å². The summed E-state index contributed by atoms with van der Waals surface area (Å²) in [5.74, 6) is -0.425. The Morgan fingerprint density at radius 2 is 2.00 bits per heavy atom. The van der Waals surface area contributed by atoms with Crippen LogP contribution in [0.4, 0.5) is 13.2 Å². The molecule has 0 saturated heterocycles. The minimum atomic E-state index is -4.61. The number of oxime groups is 1. The maximum atomic E-state index is 13.3. The van der Waals surface area contributed by atoms with Gasteiger partial charge in [0.1, 0.15) is 12.9 Å². The van der Waals surface area contributed by atoms with Crippen LogP contribution < -0.4 is 0 Å². The van der Waals surface area contributed by atoms with Gasteiger partial charge in [-0.1, -0.05) is 16.8 Å². The fraction of sp³-hybridized carbons (Fsp3) is 0.467. The molecule has 5 nitrogen and oxygen atoms in total. The summed E-state index contributed by atoms with van der Waals surface area (Å²) in [5, 5.41) is 3.36. The molecule has 134 valence electrons. The highest BCUT2D eigenvalue weighted by Crippen LogP contribution is 2.37. The molecule has 0 aliphatic rings. The van der Waals surface area contributed by atoms with E-state index in [-0.39, 0.29) is 29.3 Å². The number of ether oxygens (including phenoxy) is 1. The van der Waals surface area contributed by atoms with E-state index in [2.05, 4.69) is 9.99 Å². The van der Waals surface area contributed by atoms with Crippen molar-refractivity contribution in [1.29, 1.82) is 0 Å². The lowest BCUT2D eigenvalue weighted by atomic mass is 10.0. The van der Waals surface area contributed by atoms with Crippen molar-refractivity contribution in [3.8, 4) is 0 Å². The fourth-order valence-electron chi connectivity index (χ4n) is 1.96. The normalized spacial score (nSPS) is 12.1. The summed E-state index contributed by atoms with van der Waals surface area (Å²) in [7, 11) is 2.86. The Morgan fingerprint density at radius 3 is 2.50 bits per heavy atom. The smallest absolute Gasteiger partial charge is 0.416 e. The van der Waals surface area contributed by atoms with Gasteiger partial charge < -0.3 is 14.5 Å². The first-order chi connectivity index (χ1) is 11.1. The predicted molar refractivity (Wildman–Crippen MR) is 84.0 cm³/mol. The minimum Gasteiger partial charge on any atom is -0.462 e. The molecule has 0 N–H and O–H groups in total. The van der Waals surface area contributed by atoms with Gasteiger partial charge in [-0.3, -0.25) is 0 Å². The summed E-state index contributed by atoms with van der Waals surface area (Å²) in [6, 6.07) is 1.84. The molecule has 1 aromatic rings. The standard InChI is InChI=1S/C15H18ClF3N2O3/c1-5-24-14(22)10-6-7-12(15(17,18)19)11(13(10)16)8-21(3)9(2)20-23-4/h6-7H,5,8H2,1-4H3. The summed E-state index contributed by atoms with van der Waals surface area (Å²) in [5.41, 5.74) is -1.27. The largest absolute Gasteiger partial charge is 0.462 e. The van der Waals surface area contributed by atoms with Crippen LogP contribution in [0.25, 0.3) is 0 Å². The molecule has 0 saturated carbocycles. The zero-order chi connectivity index (χ0) is 18.5. The SMILES string of the molecule is CCOC(=O)c1ccc(C(F)(F)F)c(CN(C)C(C)=NOC)c1Cl. The molecule has 1 rings (SSSR count). The molecular weight excluding hydrogens is 349 g/mol. The van der Waals surface area contributed by atoms with Crippen LogP contribution in [0.1, 0.15) is 35.3 Å². The second-order valence-electron chi connectivity index (χ2n) is 4.85. The van der Waals surface area contributed by atoms with Crippen molar-refractivity contribution in [2.45, 2.75) is 26.6 Å². The third-order valence-electron chi connectivity index (χ3n) is 3.22. The van der Waals surface area contributed by atoms with Crippen molar-refractivity contribution in [2.75, 3.05) is 20.8 Å². The van der Waals surface area contributed by atoms with Gasteiger partial charge in [-0.2, -0.15) is 13.2 Å². The zero-order valence-electron chi connectivity index (χ0n) is 13.7. The highest BCUT2D eigenvalue weighted by atomic mass is 35.5. The summed E-state index contributed by atoms with van der Waals surface area (Å²) >= 11 is 6.08. The monoisotopic (exact) mass is 366 g/mol. The Kier molecular flexibility index (Phi) is 6.89. The number of halogens is 4. The lowest BCUT2D eigenvalue weighted by Gasteiger charge is -2.22. The molecule has 0 aliphatic heterocycles. The van der Waals surface area contributed by atoms with Crippen molar-refractivity contribution in [1.82, 2.24) is 4.90 Å². The summed E-state index contributed by atoms with van der Waals surface area (Å²) in [6.07, 6.45) is -4.61. The summed E-state index contributed by atoms with van der Waals surface area (Å²) in [4.78, 5) is 17.9. The average Bonchev–Trinajstić information content (AvgIpc) is 2.48. The first kappa shape index (κ1) is 20.1. The second kappa shape index (κ2) is 8.23. The van der Waals surface area contributed by atoms with Gasteiger partial charge in [-0.25, -0.2) is 4.79 Å². The Hall–Kier alpha value is -1.96. The van der Waals surface area contributed by atoms with E-state index in [9.17, 15) is 18.0 Å². The van der Waals surface area contributed by atoms with Gasteiger partial charge in [0.15, 0.2) is 0 Å². The van der Waals surface area contributed by atoms with Crippen LogP contribution in [0, 0.1) is 0 Å². The number of carbonyl (C=O) groups is 1. The van der Waals surface area contributed by atoms with E-state index in [4.69, 9.17) is 16.3 Å². The first-order valence-corrected chi connectivity index (χ1v) is 7.35. The van der Waals surface area contributed by atoms with Crippen LogP contribution in [-0.4, -0.2) is 37.5 Å². The Labute approximate surface area is 143 Å². The molecule has 0 heterocycles. The van der Waals surface area contributed by atoms with Gasteiger partial charge in [0.2, 0.25) is 0 Å². The molecule has 0 spiro atoms. The Balaban J connectivity index is 3.38. The maximum absolute atomic E-state index is 13.3. The van der Waals surface area contributed by atoms with Crippen molar-refractivity contribution < 1.29 is 27.5 Å². The Bertz CT molecular complexity index is 633. The number of esters is 1. The molecule has 0 radical (unpaired) electrons. The highest BCUT2D eigenvalue weighted by molar-refractivity contribution is 6.34. The molecule has 24 heavy (non-hydrogen) atoms. The van der Waals surface area contributed by atoms with Gasteiger partial charge in [0, 0.05) is 19.2 Å². The number of benzene rings is 1. The van der Waals surface area contributed by atoms with Gasteiger partial charge in [0.25, 0.3) is 0 Å². The molecule has 0 unspecified atom stereocenters. The number of amidine groups is 1. The van der Waals surface area contributed by atoms with Gasteiger partial charge in [0.05, 0.1) is 22.8 Å². The van der Waals surface area contributed by atoms with Crippen LogP contribution in [0.5, 0.6) is 0 Å². The quantitative estimate of drug-likeness (QED) is 0.343. The van der Waals surface area contributed by atoms with Crippen LogP contribution in [0.2, 0.25) is 5.02 Å². The van der Waals surface area contributed by atoms with E-state index in [0.717, 1.165) is 12.1 Å². The third-order valence-corrected chi connectivity index (χ3v) is 3.65. The first-order valence-electron chi connectivity index (χ1n) is 6.98. The van der Waals surface area contributed by atoms with E-state index in [0.29, 0.717) is 5.84 Å². The number of hydrogen-bond acceptors (Lipinski definition) is 4. The van der Waals surface area contributed by atoms with Crippen LogP contribution >= 0.6 is 11.6 Å². The van der Waals surface area contributed by atoms with Gasteiger partial charge in [-0.05, 0) is 26.0 Å². The molecule has 0 amide bonds. The molecule has 9 heteroatoms. The number of rotatable bonds is 5. The minimum absolute atomic E-state index is 0.0883. The third kappa shape index (κ3) is 4.77. The molecule has 0 atom stereocenters. The maximum Gasteiger partial charge on any atom is 0.416 e. The highest BCUT2D eigenvalue weighted by Gasteiger charge is 2.36. The topological polar surface area (TPSA) is 51.1 Å². The average molecular weight is 367 g/mol.